The summed E-state index contributed by atoms with van der Waals surface area (Å²) in [7, 11) is 3.28. The highest BCUT2D eigenvalue weighted by molar-refractivity contribution is 5.02. The Morgan fingerprint density at radius 3 is 2.58 bits per heavy atom. The molecule has 0 amide bonds. The number of hydrogen-bond donors (Lipinski definition) is 0. The van der Waals surface area contributed by atoms with E-state index in [1.54, 1.807) is 14.2 Å². The van der Waals surface area contributed by atoms with E-state index in [9.17, 15) is 0 Å². The molecule has 2 heterocycles. The maximum absolute atomic E-state index is 5.63. The Kier molecular flexibility index (Phi) is 1.88. The van der Waals surface area contributed by atoms with E-state index in [1.807, 2.05) is 6.92 Å². The van der Waals surface area contributed by atoms with Gasteiger partial charge in [-0.3, -0.25) is 0 Å². The number of rotatable bonds is 2. The zero-order valence-corrected chi connectivity index (χ0v) is 7.57. The third-order valence-electron chi connectivity index (χ3n) is 2.66. The summed E-state index contributed by atoms with van der Waals surface area (Å²) in [6.45, 7) is 2.44. The first-order valence-electron chi connectivity index (χ1n) is 4.11. The normalized spacial score (nSPS) is 51.8. The molecule has 70 valence electrons. The fourth-order valence-electron chi connectivity index (χ4n) is 2.03. The predicted octanol–water partition coefficient (Wildman–Crippen LogP) is 0.162. The van der Waals surface area contributed by atoms with Gasteiger partial charge in [-0.05, 0) is 6.92 Å². The molecule has 2 rings (SSSR count). The van der Waals surface area contributed by atoms with Gasteiger partial charge in [0, 0.05) is 14.2 Å². The van der Waals surface area contributed by atoms with Crippen molar-refractivity contribution in [2.75, 3.05) is 20.8 Å². The van der Waals surface area contributed by atoms with Crippen molar-refractivity contribution in [3.8, 4) is 0 Å². The Labute approximate surface area is 71.7 Å². The molecule has 0 aromatic carbocycles. The van der Waals surface area contributed by atoms with Crippen molar-refractivity contribution in [3.05, 3.63) is 0 Å². The number of ether oxygens (including phenoxy) is 4. The van der Waals surface area contributed by atoms with E-state index in [1.165, 1.54) is 0 Å². The van der Waals surface area contributed by atoms with Gasteiger partial charge in [-0.15, -0.1) is 0 Å². The second kappa shape index (κ2) is 2.67. The van der Waals surface area contributed by atoms with Gasteiger partial charge < -0.3 is 18.9 Å². The molecule has 0 aromatic heterocycles. The minimum atomic E-state index is -0.654. The highest BCUT2D eigenvalue weighted by Gasteiger charge is 2.61. The van der Waals surface area contributed by atoms with Crippen LogP contribution in [0.2, 0.25) is 0 Å². The molecule has 2 bridgehead atoms. The Hall–Kier alpha value is -0.160. The quantitative estimate of drug-likeness (QED) is 0.597. The fraction of sp³-hybridized carbons (Fsp3) is 1.00. The molecular weight excluding hydrogens is 160 g/mol. The smallest absolute Gasteiger partial charge is 0.221 e. The van der Waals surface area contributed by atoms with Crippen LogP contribution in [-0.4, -0.2) is 44.9 Å². The summed E-state index contributed by atoms with van der Waals surface area (Å²) < 4.78 is 21.7. The maximum atomic E-state index is 5.63. The lowest BCUT2D eigenvalue weighted by Crippen LogP contribution is -2.43. The van der Waals surface area contributed by atoms with Crippen molar-refractivity contribution in [3.63, 3.8) is 0 Å². The molecule has 0 spiro atoms. The molecule has 0 saturated carbocycles. The summed E-state index contributed by atoms with van der Waals surface area (Å²) in [6.07, 6.45) is -0.00361. The molecular formula is C8H14O4. The van der Waals surface area contributed by atoms with Crippen LogP contribution in [-0.2, 0) is 18.9 Å². The molecule has 1 unspecified atom stereocenters. The van der Waals surface area contributed by atoms with Crippen LogP contribution in [0.4, 0.5) is 0 Å². The minimum absolute atomic E-state index is 0.0231. The third-order valence-corrected chi connectivity index (χ3v) is 2.66. The molecule has 2 saturated heterocycles. The van der Waals surface area contributed by atoms with Crippen LogP contribution in [0.15, 0.2) is 0 Å². The van der Waals surface area contributed by atoms with Crippen LogP contribution in [0, 0.1) is 0 Å². The van der Waals surface area contributed by atoms with Crippen LogP contribution in [0.1, 0.15) is 6.92 Å². The Morgan fingerprint density at radius 1 is 1.42 bits per heavy atom. The van der Waals surface area contributed by atoms with Gasteiger partial charge in [0.05, 0.1) is 6.10 Å². The SMILES string of the molecule is COC1[C@H]2OC[C@@]1(OC)O[C@H]2C. The average molecular weight is 174 g/mol. The summed E-state index contributed by atoms with van der Waals surface area (Å²) >= 11 is 0. The fourth-order valence-corrected chi connectivity index (χ4v) is 2.03. The lowest BCUT2D eigenvalue weighted by atomic mass is 10.1. The molecule has 2 fully saturated rings. The van der Waals surface area contributed by atoms with Gasteiger partial charge in [0.15, 0.2) is 0 Å². The first-order valence-corrected chi connectivity index (χ1v) is 4.11. The summed E-state index contributed by atoms with van der Waals surface area (Å²) in [5.74, 6) is -0.654. The van der Waals surface area contributed by atoms with E-state index < -0.39 is 5.79 Å². The monoisotopic (exact) mass is 174 g/mol. The van der Waals surface area contributed by atoms with Crippen molar-refractivity contribution in [2.45, 2.75) is 31.0 Å². The highest BCUT2D eigenvalue weighted by Crippen LogP contribution is 2.41. The van der Waals surface area contributed by atoms with Gasteiger partial charge in [-0.1, -0.05) is 0 Å². The highest BCUT2D eigenvalue weighted by atomic mass is 16.8. The zero-order valence-electron chi connectivity index (χ0n) is 7.57. The molecule has 2 aliphatic rings. The van der Waals surface area contributed by atoms with E-state index in [2.05, 4.69) is 0 Å². The molecule has 4 heteroatoms. The predicted molar refractivity (Wildman–Crippen MR) is 40.8 cm³/mol. The van der Waals surface area contributed by atoms with E-state index >= 15 is 0 Å². The van der Waals surface area contributed by atoms with Crippen LogP contribution >= 0.6 is 0 Å². The van der Waals surface area contributed by atoms with Crippen molar-refractivity contribution < 1.29 is 18.9 Å². The molecule has 4 atom stereocenters. The molecule has 4 nitrogen and oxygen atoms in total. The lowest BCUT2D eigenvalue weighted by molar-refractivity contribution is -0.264. The van der Waals surface area contributed by atoms with Crippen LogP contribution in [0.3, 0.4) is 0 Å². The van der Waals surface area contributed by atoms with Crippen molar-refractivity contribution >= 4 is 0 Å². The molecule has 12 heavy (non-hydrogen) atoms. The second-order valence-electron chi connectivity index (χ2n) is 3.27. The van der Waals surface area contributed by atoms with E-state index in [0.29, 0.717) is 6.61 Å². The summed E-state index contributed by atoms with van der Waals surface area (Å²) in [5.41, 5.74) is 0. The Balaban J connectivity index is 2.23. The lowest BCUT2D eigenvalue weighted by Gasteiger charge is -2.28. The first kappa shape index (κ1) is 8.44. The zero-order chi connectivity index (χ0) is 8.77. The summed E-state index contributed by atoms with van der Waals surface area (Å²) in [5, 5.41) is 0. The van der Waals surface area contributed by atoms with Crippen LogP contribution < -0.4 is 0 Å². The summed E-state index contributed by atoms with van der Waals surface area (Å²) in [4.78, 5) is 0. The minimum Gasteiger partial charge on any atom is -0.373 e. The molecule has 2 aliphatic heterocycles. The van der Waals surface area contributed by atoms with Crippen molar-refractivity contribution in [2.24, 2.45) is 0 Å². The first-order chi connectivity index (χ1) is 5.73. The number of fused-ring (bicyclic) bond motifs is 2. The van der Waals surface area contributed by atoms with Gasteiger partial charge in [-0.25, -0.2) is 0 Å². The van der Waals surface area contributed by atoms with Gasteiger partial charge >= 0.3 is 0 Å². The standard InChI is InChI=1S/C8H14O4/c1-5-6-7(9-2)8(10-3,12-5)4-11-6/h5-7H,4H2,1-3H3/t5-,6-,7?,8+/m0/s1. The Bertz CT molecular complexity index is 184. The molecule has 0 N–H and O–H groups in total. The molecule has 0 radical (unpaired) electrons. The van der Waals surface area contributed by atoms with Crippen LogP contribution in [0.5, 0.6) is 0 Å². The van der Waals surface area contributed by atoms with E-state index in [0.717, 1.165) is 0 Å². The van der Waals surface area contributed by atoms with Gasteiger partial charge in [0.25, 0.3) is 0 Å². The van der Waals surface area contributed by atoms with Crippen molar-refractivity contribution in [1.82, 2.24) is 0 Å². The van der Waals surface area contributed by atoms with E-state index in [4.69, 9.17) is 18.9 Å². The van der Waals surface area contributed by atoms with Crippen molar-refractivity contribution in [1.29, 1.82) is 0 Å². The third kappa shape index (κ3) is 0.864. The largest absolute Gasteiger partial charge is 0.373 e. The van der Waals surface area contributed by atoms with E-state index in [-0.39, 0.29) is 18.3 Å². The van der Waals surface area contributed by atoms with Gasteiger partial charge in [0.1, 0.15) is 18.8 Å². The number of hydrogen-bond acceptors (Lipinski definition) is 4. The average Bonchev–Trinajstić information content (AvgIpc) is 2.56. The summed E-state index contributed by atoms with van der Waals surface area (Å²) in [6, 6.07) is 0. The van der Waals surface area contributed by atoms with Gasteiger partial charge in [-0.2, -0.15) is 0 Å². The second-order valence-corrected chi connectivity index (χ2v) is 3.27. The van der Waals surface area contributed by atoms with Crippen LogP contribution in [0.25, 0.3) is 0 Å². The maximum Gasteiger partial charge on any atom is 0.221 e. The topological polar surface area (TPSA) is 36.9 Å². The molecule has 0 aromatic rings. The molecule has 0 aliphatic carbocycles. The number of methoxy groups -OCH3 is 2. The Morgan fingerprint density at radius 2 is 2.17 bits per heavy atom. The van der Waals surface area contributed by atoms with Gasteiger partial charge in [0.2, 0.25) is 5.79 Å².